The highest BCUT2D eigenvalue weighted by Gasteiger charge is 2.27. The van der Waals surface area contributed by atoms with Crippen LogP contribution in [-0.2, 0) is 5.41 Å². The summed E-state index contributed by atoms with van der Waals surface area (Å²) in [5.74, 6) is 0. The number of nitrogens with zero attached hydrogens (tertiary/aromatic N) is 1. The number of hydrogen-bond acceptors (Lipinski definition) is 3. The summed E-state index contributed by atoms with van der Waals surface area (Å²) >= 11 is 1.89. The zero-order valence-electron chi connectivity index (χ0n) is 42.4. The van der Waals surface area contributed by atoms with E-state index in [1.807, 2.05) is 17.4 Å². The van der Waals surface area contributed by atoms with Gasteiger partial charge in [0.1, 0.15) is 0 Å². The Labute approximate surface area is 444 Å². The van der Waals surface area contributed by atoms with Crippen molar-refractivity contribution in [1.29, 1.82) is 5.26 Å². The second kappa shape index (κ2) is 19.0. The van der Waals surface area contributed by atoms with Gasteiger partial charge >= 0.3 is 0 Å². The Morgan fingerprint density at radius 1 is 0.480 bits per heavy atom. The lowest BCUT2D eigenvalue weighted by atomic mass is 9.76. The van der Waals surface area contributed by atoms with E-state index in [9.17, 15) is 5.26 Å². The van der Waals surface area contributed by atoms with Crippen LogP contribution in [0.15, 0.2) is 237 Å². The third-order valence-corrected chi connectivity index (χ3v) is 16.9. The maximum atomic E-state index is 10.7. The average molecular weight is 979 g/mol. The smallest absolute Gasteiger partial charge is 0.0992 e. The molecule has 0 saturated carbocycles. The van der Waals surface area contributed by atoms with Gasteiger partial charge < -0.3 is 5.32 Å². The zero-order chi connectivity index (χ0) is 50.6. The molecule has 1 aliphatic carbocycles. The van der Waals surface area contributed by atoms with Crippen LogP contribution >= 0.6 is 11.3 Å². The van der Waals surface area contributed by atoms with E-state index in [2.05, 4.69) is 263 Å². The van der Waals surface area contributed by atoms with Crippen molar-refractivity contribution in [2.24, 2.45) is 0 Å². The van der Waals surface area contributed by atoms with Crippen LogP contribution in [-0.4, -0.2) is 6.54 Å². The first-order chi connectivity index (χ1) is 36.7. The van der Waals surface area contributed by atoms with Crippen LogP contribution in [0.3, 0.4) is 0 Å². The van der Waals surface area contributed by atoms with Crippen LogP contribution in [0.4, 0.5) is 0 Å². The number of aryl methyl sites for hydroxylation is 1. The van der Waals surface area contributed by atoms with Gasteiger partial charge in [-0.3, -0.25) is 0 Å². The number of benzene rings is 10. The monoisotopic (exact) mass is 978 g/mol. The summed E-state index contributed by atoms with van der Waals surface area (Å²) in [4.78, 5) is 0. The molecule has 10 aromatic carbocycles. The van der Waals surface area contributed by atoms with Crippen LogP contribution in [0.5, 0.6) is 0 Å². The van der Waals surface area contributed by atoms with Gasteiger partial charge in [0.15, 0.2) is 0 Å². The Morgan fingerprint density at radius 3 is 1.69 bits per heavy atom. The number of allylic oxidation sites excluding steroid dienone is 4. The topological polar surface area (TPSA) is 45.7 Å². The normalized spacial score (nSPS) is 15.8. The number of nitriles is 1. The minimum Gasteiger partial charge on any atom is -0.307 e. The van der Waals surface area contributed by atoms with E-state index < -0.39 is 0 Å². The molecular weight excluding hydrogens is 925 g/mol. The van der Waals surface area contributed by atoms with Gasteiger partial charge in [0, 0.05) is 43.7 Å². The summed E-state index contributed by atoms with van der Waals surface area (Å²) in [7, 11) is 0. The molecule has 1 aliphatic heterocycles. The van der Waals surface area contributed by atoms with Crippen LogP contribution in [0.2, 0.25) is 0 Å². The maximum Gasteiger partial charge on any atom is 0.0992 e. The van der Waals surface area contributed by atoms with E-state index in [0.717, 1.165) is 51.9 Å². The molecular formula is C72H54N2S. The van der Waals surface area contributed by atoms with Gasteiger partial charge in [0.25, 0.3) is 0 Å². The van der Waals surface area contributed by atoms with E-state index in [1.165, 1.54) is 92.5 Å². The lowest BCUT2D eigenvalue weighted by molar-refractivity contribution is 0.600. The van der Waals surface area contributed by atoms with Gasteiger partial charge in [0.2, 0.25) is 0 Å². The van der Waals surface area contributed by atoms with E-state index >= 15 is 0 Å². The molecule has 13 rings (SSSR count). The van der Waals surface area contributed by atoms with E-state index in [4.69, 9.17) is 0 Å². The average Bonchev–Trinajstić information content (AvgIpc) is 4.29. The lowest BCUT2D eigenvalue weighted by Gasteiger charge is -2.28. The quantitative estimate of drug-likeness (QED) is 0.139. The fourth-order valence-corrected chi connectivity index (χ4v) is 12.6. The van der Waals surface area contributed by atoms with Gasteiger partial charge in [-0.2, -0.15) is 5.26 Å². The molecule has 2 atom stereocenters. The predicted molar refractivity (Wildman–Crippen MR) is 318 cm³/mol. The molecule has 0 bridgehead atoms. The highest BCUT2D eigenvalue weighted by molar-refractivity contribution is 7.26. The van der Waals surface area contributed by atoms with Crippen LogP contribution in [0, 0.1) is 25.2 Å². The van der Waals surface area contributed by atoms with Crippen LogP contribution < -0.4 is 5.32 Å². The van der Waals surface area contributed by atoms with Gasteiger partial charge in [-0.05, 0) is 211 Å². The Morgan fingerprint density at radius 2 is 1.03 bits per heavy atom. The number of fused-ring (bicyclic) bond motifs is 3. The van der Waals surface area contributed by atoms with Gasteiger partial charge in [0.05, 0.1) is 11.6 Å². The Balaban J connectivity index is 0.938. The fraction of sp³-hybridized carbons (Fsp3) is 0.0972. The highest BCUT2D eigenvalue weighted by Crippen LogP contribution is 2.47. The Kier molecular flexibility index (Phi) is 11.7. The molecule has 1 fully saturated rings. The molecule has 2 unspecified atom stereocenters. The van der Waals surface area contributed by atoms with Gasteiger partial charge in [-0.25, -0.2) is 0 Å². The largest absolute Gasteiger partial charge is 0.307 e. The zero-order valence-corrected chi connectivity index (χ0v) is 43.2. The molecule has 2 nitrogen and oxygen atoms in total. The Bertz CT molecular complexity index is 4130. The van der Waals surface area contributed by atoms with Crippen molar-refractivity contribution < 1.29 is 0 Å². The molecule has 75 heavy (non-hydrogen) atoms. The Hall–Kier alpha value is -8.65. The molecule has 1 aromatic heterocycles. The van der Waals surface area contributed by atoms with Gasteiger partial charge in [-0.1, -0.05) is 159 Å². The number of nitrogens with one attached hydrogen (secondary N) is 1. The molecule has 2 heterocycles. The lowest BCUT2D eigenvalue weighted by Crippen LogP contribution is -2.19. The first-order valence-electron chi connectivity index (χ1n) is 26.1. The summed E-state index contributed by atoms with van der Waals surface area (Å²) in [6.07, 6.45) is 9.89. The summed E-state index contributed by atoms with van der Waals surface area (Å²) in [6, 6.07) is 80.9. The summed E-state index contributed by atoms with van der Waals surface area (Å²) < 4.78 is 2.58. The van der Waals surface area contributed by atoms with E-state index in [0.29, 0.717) is 11.6 Å². The molecule has 358 valence electrons. The number of hydrogen-bond donors (Lipinski definition) is 1. The minimum absolute atomic E-state index is 0.0833. The first-order valence-corrected chi connectivity index (χ1v) is 26.9. The predicted octanol–water partition coefficient (Wildman–Crippen LogP) is 19.3. The molecule has 1 saturated heterocycles. The van der Waals surface area contributed by atoms with Crippen molar-refractivity contribution in [3.8, 4) is 95.1 Å². The molecule has 2 aliphatic rings. The van der Waals surface area contributed by atoms with Crippen molar-refractivity contribution in [3.05, 3.63) is 264 Å². The molecule has 11 aromatic rings. The van der Waals surface area contributed by atoms with Crippen molar-refractivity contribution in [2.45, 2.75) is 38.6 Å². The van der Waals surface area contributed by atoms with Crippen molar-refractivity contribution >= 4 is 31.5 Å². The van der Waals surface area contributed by atoms with Crippen molar-refractivity contribution in [3.63, 3.8) is 0 Å². The van der Waals surface area contributed by atoms with Crippen molar-refractivity contribution in [2.75, 3.05) is 6.54 Å². The second-order valence-electron chi connectivity index (χ2n) is 20.7. The van der Waals surface area contributed by atoms with Crippen LogP contribution in [0.1, 0.15) is 47.2 Å². The summed E-state index contributed by atoms with van der Waals surface area (Å²) in [5, 5.41) is 16.9. The number of rotatable bonds is 10. The highest BCUT2D eigenvalue weighted by atomic mass is 32.1. The standard InChI is InChI=1S/C72H54N2S/c1-46-25-27-62(72(3)29-14-7-15-30-72)43-63(46)65-40-57(50-19-10-5-11-20-50)39-64(47(65)2)59-32-48(44-73)31-55(34-59)52-23-16-24-53(33-52)56-35-60(37-61(36-56)69-45-74-69)66-41-58(51-21-12-6-13-22-51)42-68-67-38-54(49-17-8-4-9-18-49)26-28-70(67)75-71(66)68/h4-29,31-43,69,74H,30,45H2,1-3H3. The third-order valence-electron chi connectivity index (χ3n) is 15.7. The number of thiophene rings is 1. The van der Waals surface area contributed by atoms with E-state index in [-0.39, 0.29) is 5.41 Å². The first kappa shape index (κ1) is 46.2. The maximum absolute atomic E-state index is 10.7. The molecule has 0 radical (unpaired) electrons. The van der Waals surface area contributed by atoms with Gasteiger partial charge in [-0.15, -0.1) is 11.3 Å². The summed E-state index contributed by atoms with van der Waals surface area (Å²) in [6.45, 7) is 7.77. The fourth-order valence-electron chi connectivity index (χ4n) is 11.4. The third kappa shape index (κ3) is 8.83. The SMILES string of the molecule is Cc1ccc(C2(C)C=CC=CC2)cc1-c1cc(-c2ccccc2)cc(-c2cc(C#N)cc(-c3cccc(-c4cc(-c5cc(-c6ccccc6)cc6c5sc5ccc(-c7ccccc7)cc56)cc(C5CN5)c4)c3)c2)c1C. The molecule has 0 amide bonds. The van der Waals surface area contributed by atoms with E-state index in [1.54, 1.807) is 0 Å². The summed E-state index contributed by atoms with van der Waals surface area (Å²) in [5.41, 5.74) is 24.1. The molecule has 0 spiro atoms. The second-order valence-corrected chi connectivity index (χ2v) is 21.8. The van der Waals surface area contributed by atoms with Crippen molar-refractivity contribution in [1.82, 2.24) is 5.32 Å². The minimum atomic E-state index is -0.0833. The van der Waals surface area contributed by atoms with Crippen LogP contribution in [0.25, 0.3) is 109 Å². The molecule has 1 N–H and O–H groups in total. The molecule has 3 heteroatoms.